The predicted octanol–water partition coefficient (Wildman–Crippen LogP) is 3.51. The third-order valence-electron chi connectivity index (χ3n) is 6.03. The molecule has 6 aromatic rings. The highest BCUT2D eigenvalue weighted by molar-refractivity contribution is 5.63. The number of rotatable bonds is 8. The van der Waals surface area contributed by atoms with Crippen LogP contribution in [0.25, 0.3) is 28.3 Å². The fourth-order valence-corrected chi connectivity index (χ4v) is 3.98. The molecular formula is C26H24N10O. The molecule has 0 unspecified atom stereocenters. The largest absolute Gasteiger partial charge is 0.485 e. The molecule has 0 aliphatic heterocycles. The standard InChI is InChI=1S/C26H24N10O/c1-34-10-8-27-26(34)16-37-20-7-9-36-23(14-29-25(36)11-20)21-12-24(31-17-30-21)28-13-18-3-5-19(6-4-18)22-15-35(2)33-32-22/h3-12,14-15,17H,13,16H2,1-2H3,(H,28,30,31). The lowest BCUT2D eigenvalue weighted by molar-refractivity contribution is 0.292. The molecule has 5 heterocycles. The number of ether oxygens (including phenoxy) is 1. The highest BCUT2D eigenvalue weighted by Gasteiger charge is 2.10. The van der Waals surface area contributed by atoms with Gasteiger partial charge in [0.2, 0.25) is 0 Å². The summed E-state index contributed by atoms with van der Waals surface area (Å²) in [5, 5.41) is 11.5. The molecule has 0 atom stereocenters. The number of benzene rings is 1. The van der Waals surface area contributed by atoms with Gasteiger partial charge in [0.25, 0.3) is 0 Å². The van der Waals surface area contributed by atoms with Gasteiger partial charge in [-0.25, -0.2) is 19.9 Å². The molecule has 1 N–H and O–H groups in total. The molecule has 11 nitrogen and oxygen atoms in total. The monoisotopic (exact) mass is 492 g/mol. The first kappa shape index (κ1) is 22.4. The lowest BCUT2D eigenvalue weighted by atomic mass is 10.1. The van der Waals surface area contributed by atoms with Crippen LogP contribution in [-0.4, -0.2) is 43.9 Å². The topological polar surface area (TPSA) is 113 Å². The molecule has 0 spiro atoms. The Balaban J connectivity index is 1.14. The van der Waals surface area contributed by atoms with Crippen LogP contribution >= 0.6 is 0 Å². The van der Waals surface area contributed by atoms with E-state index in [2.05, 4.69) is 47.7 Å². The van der Waals surface area contributed by atoms with Crippen molar-refractivity contribution in [1.29, 1.82) is 0 Å². The summed E-state index contributed by atoms with van der Waals surface area (Å²) < 4.78 is 11.5. The van der Waals surface area contributed by atoms with Gasteiger partial charge in [0.15, 0.2) is 0 Å². The van der Waals surface area contributed by atoms with Crippen LogP contribution < -0.4 is 10.1 Å². The van der Waals surface area contributed by atoms with Gasteiger partial charge in [-0.3, -0.25) is 9.08 Å². The zero-order valence-electron chi connectivity index (χ0n) is 20.4. The quantitative estimate of drug-likeness (QED) is 0.343. The Morgan fingerprint density at radius 2 is 1.81 bits per heavy atom. The van der Waals surface area contributed by atoms with Crippen LogP contribution in [0.4, 0.5) is 5.82 Å². The van der Waals surface area contributed by atoms with Gasteiger partial charge in [-0.2, -0.15) is 0 Å². The van der Waals surface area contributed by atoms with Crippen LogP contribution in [0.15, 0.2) is 79.8 Å². The van der Waals surface area contributed by atoms with Crippen LogP contribution in [-0.2, 0) is 27.2 Å². The zero-order chi connectivity index (χ0) is 25.2. The van der Waals surface area contributed by atoms with E-state index in [9.17, 15) is 0 Å². The summed E-state index contributed by atoms with van der Waals surface area (Å²) in [6, 6.07) is 13.9. The molecule has 0 saturated carbocycles. The Hall–Kier alpha value is -5.06. The fourth-order valence-electron chi connectivity index (χ4n) is 3.98. The van der Waals surface area contributed by atoms with E-state index in [0.717, 1.165) is 51.2 Å². The van der Waals surface area contributed by atoms with E-state index in [4.69, 9.17) is 4.74 Å². The Labute approximate surface area is 212 Å². The van der Waals surface area contributed by atoms with Crippen molar-refractivity contribution in [3.8, 4) is 28.4 Å². The van der Waals surface area contributed by atoms with Crippen molar-refractivity contribution >= 4 is 11.5 Å². The fraction of sp³-hybridized carbons (Fsp3) is 0.154. The first-order chi connectivity index (χ1) is 18.1. The van der Waals surface area contributed by atoms with Crippen molar-refractivity contribution in [2.24, 2.45) is 14.1 Å². The van der Waals surface area contributed by atoms with E-state index >= 15 is 0 Å². The maximum atomic E-state index is 5.90. The third-order valence-corrected chi connectivity index (χ3v) is 6.03. The number of nitrogens with one attached hydrogen (secondary N) is 1. The number of anilines is 1. The molecule has 0 bridgehead atoms. The van der Waals surface area contributed by atoms with Crippen LogP contribution in [0, 0.1) is 0 Å². The van der Waals surface area contributed by atoms with Crippen LogP contribution in [0.1, 0.15) is 11.4 Å². The lowest BCUT2D eigenvalue weighted by Gasteiger charge is -2.09. The molecule has 0 amide bonds. The Morgan fingerprint density at radius 1 is 0.919 bits per heavy atom. The second kappa shape index (κ2) is 9.53. The summed E-state index contributed by atoms with van der Waals surface area (Å²) >= 11 is 0. The number of nitrogens with zero attached hydrogens (tertiary/aromatic N) is 9. The number of aromatic nitrogens is 9. The summed E-state index contributed by atoms with van der Waals surface area (Å²) in [5.74, 6) is 2.31. The molecule has 0 aliphatic carbocycles. The highest BCUT2D eigenvalue weighted by atomic mass is 16.5. The second-order valence-electron chi connectivity index (χ2n) is 8.59. The normalized spacial score (nSPS) is 11.2. The van der Waals surface area contributed by atoms with Gasteiger partial charge in [0, 0.05) is 56.9 Å². The maximum absolute atomic E-state index is 5.90. The van der Waals surface area contributed by atoms with Gasteiger partial charge in [0.05, 0.1) is 23.8 Å². The van der Waals surface area contributed by atoms with Crippen molar-refractivity contribution in [1.82, 2.24) is 43.9 Å². The van der Waals surface area contributed by atoms with Crippen LogP contribution in [0.3, 0.4) is 0 Å². The minimum atomic E-state index is 0.386. The molecule has 0 aliphatic rings. The molecule has 0 radical (unpaired) electrons. The number of fused-ring (bicyclic) bond motifs is 1. The summed E-state index contributed by atoms with van der Waals surface area (Å²) in [7, 11) is 3.80. The molecule has 1 aromatic carbocycles. The first-order valence-electron chi connectivity index (χ1n) is 11.7. The molecule has 11 heteroatoms. The van der Waals surface area contributed by atoms with E-state index < -0.39 is 0 Å². The molecule has 0 saturated heterocycles. The average molecular weight is 493 g/mol. The summed E-state index contributed by atoms with van der Waals surface area (Å²) in [6.45, 7) is 1.01. The summed E-state index contributed by atoms with van der Waals surface area (Å²) in [5.41, 5.74) is 5.40. The zero-order valence-corrected chi connectivity index (χ0v) is 20.4. The van der Waals surface area contributed by atoms with E-state index in [1.54, 1.807) is 23.4 Å². The van der Waals surface area contributed by atoms with Crippen molar-refractivity contribution in [3.63, 3.8) is 0 Å². The van der Waals surface area contributed by atoms with Crippen molar-refractivity contribution in [3.05, 3.63) is 91.2 Å². The Kier molecular flexibility index (Phi) is 5.77. The first-order valence-corrected chi connectivity index (χ1v) is 11.7. The van der Waals surface area contributed by atoms with Gasteiger partial charge in [-0.1, -0.05) is 29.5 Å². The van der Waals surface area contributed by atoms with Gasteiger partial charge in [-0.15, -0.1) is 5.10 Å². The highest BCUT2D eigenvalue weighted by Crippen LogP contribution is 2.24. The molecule has 184 valence electrons. The third kappa shape index (κ3) is 4.74. The van der Waals surface area contributed by atoms with Crippen LogP contribution in [0.2, 0.25) is 0 Å². The Morgan fingerprint density at radius 3 is 2.59 bits per heavy atom. The van der Waals surface area contributed by atoms with Crippen molar-refractivity contribution in [2.45, 2.75) is 13.2 Å². The molecule has 0 fully saturated rings. The lowest BCUT2D eigenvalue weighted by Crippen LogP contribution is -2.03. The van der Waals surface area contributed by atoms with Gasteiger partial charge in [0.1, 0.15) is 41.7 Å². The number of hydrogen-bond donors (Lipinski definition) is 1. The maximum Gasteiger partial charge on any atom is 0.146 e. The van der Waals surface area contributed by atoms with Gasteiger partial charge < -0.3 is 14.6 Å². The average Bonchev–Trinajstić information content (AvgIpc) is 3.66. The van der Waals surface area contributed by atoms with E-state index in [1.165, 1.54) is 0 Å². The molecule has 5 aromatic heterocycles. The number of hydrogen-bond acceptors (Lipinski definition) is 8. The molecule has 6 rings (SSSR count). The number of imidazole rings is 2. The smallest absolute Gasteiger partial charge is 0.146 e. The van der Waals surface area contributed by atoms with Gasteiger partial charge in [-0.05, 0) is 11.6 Å². The number of pyridine rings is 1. The van der Waals surface area contributed by atoms with Crippen molar-refractivity contribution < 1.29 is 4.74 Å². The SMILES string of the molecule is Cn1cc(-c2ccc(CNc3cc(-c4cnc5cc(OCc6nccn6C)ccn45)ncn3)cc2)nn1. The van der Waals surface area contributed by atoms with Crippen LogP contribution in [0.5, 0.6) is 5.75 Å². The van der Waals surface area contributed by atoms with Crippen molar-refractivity contribution in [2.75, 3.05) is 5.32 Å². The molecular weight excluding hydrogens is 468 g/mol. The van der Waals surface area contributed by atoms with E-state index in [1.807, 2.05) is 72.0 Å². The summed E-state index contributed by atoms with van der Waals surface area (Å²) in [6.07, 6.45) is 10.8. The minimum absolute atomic E-state index is 0.386. The minimum Gasteiger partial charge on any atom is -0.485 e. The predicted molar refractivity (Wildman–Crippen MR) is 138 cm³/mol. The van der Waals surface area contributed by atoms with Gasteiger partial charge >= 0.3 is 0 Å². The van der Waals surface area contributed by atoms with E-state index in [0.29, 0.717) is 13.2 Å². The second-order valence-corrected chi connectivity index (χ2v) is 8.59. The van der Waals surface area contributed by atoms with E-state index in [-0.39, 0.29) is 0 Å². The number of aryl methyl sites for hydroxylation is 2. The molecule has 37 heavy (non-hydrogen) atoms. The summed E-state index contributed by atoms with van der Waals surface area (Å²) in [4.78, 5) is 17.7. The Bertz CT molecular complexity index is 1660.